The lowest BCUT2D eigenvalue weighted by molar-refractivity contribution is -0.219. The molecule has 2 N–H and O–H groups in total. The molecule has 3 saturated carbocycles. The Kier molecular flexibility index (Phi) is 8.19. The first kappa shape index (κ1) is 30.8. The molecule has 8 nitrogen and oxygen atoms in total. The molecule has 0 aromatic rings. The summed E-state index contributed by atoms with van der Waals surface area (Å²) in [6, 6.07) is 0. The summed E-state index contributed by atoms with van der Waals surface area (Å²) >= 11 is 0. The smallest absolute Gasteiger partial charge is 0.428 e. The van der Waals surface area contributed by atoms with Crippen LogP contribution in [0.4, 0.5) is 9.18 Å². The van der Waals surface area contributed by atoms with E-state index in [0.717, 1.165) is 6.42 Å². The second-order valence-corrected chi connectivity index (χ2v) is 13.4. The van der Waals surface area contributed by atoms with E-state index in [1.54, 1.807) is 40.7 Å². The Bertz CT molecular complexity index is 1100. The van der Waals surface area contributed by atoms with Crippen molar-refractivity contribution in [2.24, 2.45) is 28.6 Å². The summed E-state index contributed by atoms with van der Waals surface area (Å²) < 4.78 is 33.3. The Morgan fingerprint density at radius 2 is 1.90 bits per heavy atom. The van der Waals surface area contributed by atoms with Gasteiger partial charge in [0, 0.05) is 29.8 Å². The number of halogens is 1. The molecule has 4 aliphatic carbocycles. The van der Waals surface area contributed by atoms with E-state index in [2.05, 4.69) is 0 Å². The molecule has 0 unspecified atom stereocenters. The SMILES string of the molecule is CCCOCCC(C)(C)OC(=O)OCC(=O)[C@@]1(O)[C@H](C)C[C@H]2[C@@H]3CCC4=CC(=O)C=C[C@]4(C)[C@@]3(F)[C@@H](O)C[C@@]21C. The van der Waals surface area contributed by atoms with Crippen LogP contribution in [-0.2, 0) is 23.8 Å². The molecular weight excluding hydrogens is 519 g/mol. The molecular formula is C31H45FO8. The van der Waals surface area contributed by atoms with E-state index in [1.165, 1.54) is 12.2 Å². The first-order chi connectivity index (χ1) is 18.6. The van der Waals surface area contributed by atoms with Gasteiger partial charge in [0.05, 0.1) is 12.7 Å². The maximum absolute atomic E-state index is 17.3. The molecule has 0 aliphatic heterocycles. The quantitative estimate of drug-likeness (QED) is 0.307. The van der Waals surface area contributed by atoms with Crippen LogP contribution in [0.5, 0.6) is 0 Å². The minimum absolute atomic E-state index is 0.142. The molecule has 0 amide bonds. The fourth-order valence-electron chi connectivity index (χ4n) is 8.25. The average Bonchev–Trinajstić information content (AvgIpc) is 3.07. The van der Waals surface area contributed by atoms with E-state index in [9.17, 15) is 24.6 Å². The number of hydrogen-bond acceptors (Lipinski definition) is 8. The first-order valence-corrected chi connectivity index (χ1v) is 14.6. The van der Waals surface area contributed by atoms with Crippen molar-refractivity contribution in [3.8, 4) is 0 Å². The van der Waals surface area contributed by atoms with Crippen molar-refractivity contribution in [3.63, 3.8) is 0 Å². The summed E-state index contributed by atoms with van der Waals surface area (Å²) in [5.41, 5.74) is -6.48. The lowest BCUT2D eigenvalue weighted by Crippen LogP contribution is -2.69. The Labute approximate surface area is 236 Å². The first-order valence-electron chi connectivity index (χ1n) is 14.6. The lowest BCUT2D eigenvalue weighted by Gasteiger charge is -2.62. The zero-order chi connectivity index (χ0) is 29.7. The monoisotopic (exact) mass is 564 g/mol. The standard InChI is InChI=1S/C31H45FO8/c1-7-13-38-14-12-27(3,4)40-26(36)39-18-25(35)31(37)19(2)15-23-22-9-8-20-16-21(33)10-11-28(20,5)30(22,32)24(34)17-29(23,31)6/h10-11,16,19,22-24,34,37H,7-9,12-15,17-18H2,1-6H3/t19-,22+,23+,24+,28+,29+,30+,31+/m1/s1. The minimum Gasteiger partial charge on any atom is -0.428 e. The van der Waals surface area contributed by atoms with E-state index < -0.39 is 70.1 Å². The predicted octanol–water partition coefficient (Wildman–Crippen LogP) is 4.65. The van der Waals surface area contributed by atoms with Gasteiger partial charge in [-0.2, -0.15) is 0 Å². The van der Waals surface area contributed by atoms with Gasteiger partial charge >= 0.3 is 6.16 Å². The van der Waals surface area contributed by atoms with Gasteiger partial charge in [-0.05, 0) is 76.9 Å². The van der Waals surface area contributed by atoms with Crippen LogP contribution in [0, 0.1) is 28.6 Å². The van der Waals surface area contributed by atoms with Crippen LogP contribution in [0.2, 0.25) is 0 Å². The van der Waals surface area contributed by atoms with Crippen LogP contribution in [0.15, 0.2) is 23.8 Å². The van der Waals surface area contributed by atoms with Crippen molar-refractivity contribution < 1.29 is 43.2 Å². The fraction of sp³-hybridized carbons (Fsp3) is 0.774. The molecule has 4 rings (SSSR count). The van der Waals surface area contributed by atoms with Crippen molar-refractivity contribution in [2.75, 3.05) is 19.8 Å². The molecule has 8 atom stereocenters. The van der Waals surface area contributed by atoms with E-state index in [0.29, 0.717) is 44.5 Å². The van der Waals surface area contributed by atoms with Gasteiger partial charge in [0.1, 0.15) is 11.2 Å². The summed E-state index contributed by atoms with van der Waals surface area (Å²) in [6.07, 6.45) is 4.38. The number of ketones is 2. The Hall–Kier alpha value is -2.10. The molecule has 0 heterocycles. The van der Waals surface area contributed by atoms with Gasteiger partial charge in [0.25, 0.3) is 0 Å². The third kappa shape index (κ3) is 4.66. The molecule has 0 aromatic heterocycles. The average molecular weight is 565 g/mol. The van der Waals surface area contributed by atoms with Crippen molar-refractivity contribution in [2.45, 2.75) is 103 Å². The molecule has 0 aromatic carbocycles. The van der Waals surface area contributed by atoms with Gasteiger partial charge in [-0.25, -0.2) is 9.18 Å². The summed E-state index contributed by atoms with van der Waals surface area (Å²) in [6.45, 7) is 11.0. The number of aliphatic hydroxyl groups excluding tert-OH is 1. The normalized spacial score (nSPS) is 40.5. The van der Waals surface area contributed by atoms with Crippen LogP contribution in [0.25, 0.3) is 0 Å². The van der Waals surface area contributed by atoms with E-state index in [1.807, 2.05) is 6.92 Å². The minimum atomic E-state index is -2.06. The van der Waals surface area contributed by atoms with E-state index in [-0.39, 0.29) is 12.2 Å². The van der Waals surface area contributed by atoms with Crippen molar-refractivity contribution in [1.82, 2.24) is 0 Å². The van der Waals surface area contributed by atoms with Gasteiger partial charge in [-0.1, -0.05) is 32.4 Å². The number of ether oxygens (including phenoxy) is 3. The molecule has 0 spiro atoms. The number of Topliss-reactive ketones (excluding diaryl/α,β-unsaturated/α-hetero) is 1. The third-order valence-corrected chi connectivity index (χ3v) is 10.5. The van der Waals surface area contributed by atoms with Gasteiger partial charge in [-0.15, -0.1) is 0 Å². The number of carbonyl (C=O) groups excluding carboxylic acids is 3. The Morgan fingerprint density at radius 1 is 1.20 bits per heavy atom. The number of fused-ring (bicyclic) bond motifs is 5. The Morgan fingerprint density at radius 3 is 2.58 bits per heavy atom. The predicted molar refractivity (Wildman–Crippen MR) is 145 cm³/mol. The molecule has 0 saturated heterocycles. The molecule has 40 heavy (non-hydrogen) atoms. The highest BCUT2D eigenvalue weighted by Crippen LogP contribution is 2.70. The maximum Gasteiger partial charge on any atom is 0.509 e. The number of hydrogen-bond donors (Lipinski definition) is 2. The highest BCUT2D eigenvalue weighted by molar-refractivity contribution is 6.01. The summed E-state index contributed by atoms with van der Waals surface area (Å²) in [4.78, 5) is 38.1. The van der Waals surface area contributed by atoms with Crippen LogP contribution in [-0.4, -0.2) is 70.7 Å². The van der Waals surface area contributed by atoms with Crippen LogP contribution in [0.1, 0.15) is 80.1 Å². The number of carbonyl (C=O) groups is 3. The largest absolute Gasteiger partial charge is 0.509 e. The summed E-state index contributed by atoms with van der Waals surface area (Å²) in [7, 11) is 0. The van der Waals surface area contributed by atoms with Crippen LogP contribution >= 0.6 is 0 Å². The fourth-order valence-corrected chi connectivity index (χ4v) is 8.25. The molecule has 0 radical (unpaired) electrons. The number of aliphatic hydroxyl groups is 2. The summed E-state index contributed by atoms with van der Waals surface area (Å²) in [5, 5.41) is 23.5. The highest BCUT2D eigenvalue weighted by atomic mass is 19.1. The summed E-state index contributed by atoms with van der Waals surface area (Å²) in [5.74, 6) is -2.46. The molecule has 4 aliphatic rings. The zero-order valence-corrected chi connectivity index (χ0v) is 24.6. The van der Waals surface area contributed by atoms with Crippen molar-refractivity contribution in [3.05, 3.63) is 23.8 Å². The van der Waals surface area contributed by atoms with Gasteiger partial charge in [-0.3, -0.25) is 9.59 Å². The van der Waals surface area contributed by atoms with Crippen molar-refractivity contribution in [1.29, 1.82) is 0 Å². The van der Waals surface area contributed by atoms with Crippen LogP contribution < -0.4 is 0 Å². The Balaban J connectivity index is 1.50. The third-order valence-electron chi connectivity index (χ3n) is 10.5. The highest BCUT2D eigenvalue weighted by Gasteiger charge is 2.75. The molecule has 224 valence electrons. The molecule has 0 bridgehead atoms. The molecule has 3 fully saturated rings. The zero-order valence-electron chi connectivity index (χ0n) is 24.6. The van der Waals surface area contributed by atoms with Crippen molar-refractivity contribution >= 4 is 17.7 Å². The lowest BCUT2D eigenvalue weighted by atomic mass is 9.44. The maximum atomic E-state index is 17.3. The number of alkyl halides is 1. The van der Waals surface area contributed by atoms with E-state index >= 15 is 4.39 Å². The number of allylic oxidation sites excluding steroid dienone is 4. The molecule has 9 heteroatoms. The van der Waals surface area contributed by atoms with Gasteiger partial charge < -0.3 is 24.4 Å². The number of rotatable bonds is 9. The topological polar surface area (TPSA) is 119 Å². The van der Waals surface area contributed by atoms with Gasteiger partial charge in [0.15, 0.2) is 18.1 Å². The second kappa shape index (κ2) is 10.6. The van der Waals surface area contributed by atoms with Gasteiger partial charge in [0.2, 0.25) is 5.78 Å². The van der Waals surface area contributed by atoms with Crippen LogP contribution in [0.3, 0.4) is 0 Å². The second-order valence-electron chi connectivity index (χ2n) is 13.4. The van der Waals surface area contributed by atoms with E-state index in [4.69, 9.17) is 14.2 Å².